The van der Waals surface area contributed by atoms with Gasteiger partial charge in [-0.1, -0.05) is 59.7 Å². The van der Waals surface area contributed by atoms with Gasteiger partial charge in [0.2, 0.25) is 0 Å². The third kappa shape index (κ3) is 2.20. The van der Waals surface area contributed by atoms with Crippen LogP contribution in [0.5, 0.6) is 0 Å². The van der Waals surface area contributed by atoms with Gasteiger partial charge in [0.1, 0.15) is 0 Å². The average Bonchev–Trinajstić information content (AvgIpc) is 3.18. The lowest BCUT2D eigenvalue weighted by atomic mass is 9.58. The lowest BCUT2D eigenvalue weighted by molar-refractivity contribution is 0.0324. The topological polar surface area (TPSA) is 12.0 Å². The Morgan fingerprint density at radius 3 is 1.57 bits per heavy atom. The molecule has 0 aromatic heterocycles. The SMILES string of the molecule is CC1(C)C2CCC1(C)C(C(Nc1ccccc1)C1CC3CCC1(C)C3(C)C)C2. The van der Waals surface area contributed by atoms with Gasteiger partial charge in [-0.25, -0.2) is 0 Å². The highest BCUT2D eigenvalue weighted by Crippen LogP contribution is 2.73. The Hall–Kier alpha value is -0.980. The van der Waals surface area contributed by atoms with E-state index in [0.29, 0.717) is 27.7 Å². The summed E-state index contributed by atoms with van der Waals surface area (Å²) in [4.78, 5) is 0. The molecule has 0 heterocycles. The van der Waals surface area contributed by atoms with Gasteiger partial charge in [0, 0.05) is 11.7 Å². The molecule has 4 aliphatic rings. The molecule has 1 N–H and O–H groups in total. The molecule has 154 valence electrons. The highest BCUT2D eigenvalue weighted by Gasteiger charge is 2.68. The smallest absolute Gasteiger partial charge is 0.0342 e. The molecule has 4 aliphatic carbocycles. The molecule has 4 fully saturated rings. The zero-order valence-corrected chi connectivity index (χ0v) is 19.0. The number of hydrogen-bond donors (Lipinski definition) is 1. The Labute approximate surface area is 173 Å². The molecule has 1 aromatic carbocycles. The zero-order chi connectivity index (χ0) is 19.9. The summed E-state index contributed by atoms with van der Waals surface area (Å²) in [5, 5.41) is 4.16. The minimum atomic E-state index is 0.479. The molecule has 4 bridgehead atoms. The van der Waals surface area contributed by atoms with Gasteiger partial charge in [0.05, 0.1) is 0 Å². The molecule has 6 unspecified atom stereocenters. The first-order valence-corrected chi connectivity index (χ1v) is 11.9. The van der Waals surface area contributed by atoms with Gasteiger partial charge in [0.25, 0.3) is 0 Å². The Balaban J connectivity index is 1.54. The van der Waals surface area contributed by atoms with Crippen LogP contribution in [0.4, 0.5) is 5.69 Å². The van der Waals surface area contributed by atoms with Crippen LogP contribution >= 0.6 is 0 Å². The second-order valence-electron chi connectivity index (χ2n) is 12.5. The van der Waals surface area contributed by atoms with E-state index in [-0.39, 0.29) is 0 Å². The van der Waals surface area contributed by atoms with Crippen LogP contribution in [0.25, 0.3) is 0 Å². The number of fused-ring (bicyclic) bond motifs is 4. The van der Waals surface area contributed by atoms with Crippen molar-refractivity contribution < 1.29 is 0 Å². The van der Waals surface area contributed by atoms with Crippen molar-refractivity contribution in [1.82, 2.24) is 0 Å². The van der Waals surface area contributed by atoms with Crippen LogP contribution in [-0.4, -0.2) is 6.04 Å². The molecule has 5 rings (SSSR count). The maximum absolute atomic E-state index is 4.16. The Morgan fingerprint density at radius 1 is 0.750 bits per heavy atom. The molecular formula is C27H41N. The van der Waals surface area contributed by atoms with E-state index >= 15 is 0 Å². The third-order valence-electron chi connectivity index (χ3n) is 11.7. The monoisotopic (exact) mass is 379 g/mol. The molecule has 0 saturated heterocycles. The summed E-state index contributed by atoms with van der Waals surface area (Å²) >= 11 is 0. The van der Waals surface area contributed by atoms with Crippen molar-refractivity contribution in [2.24, 2.45) is 45.3 Å². The maximum atomic E-state index is 4.16. The largest absolute Gasteiger partial charge is 0.382 e. The van der Waals surface area contributed by atoms with Crippen molar-refractivity contribution >= 4 is 5.69 Å². The first-order valence-electron chi connectivity index (χ1n) is 11.9. The fourth-order valence-electron chi connectivity index (χ4n) is 8.83. The molecular weight excluding hydrogens is 338 g/mol. The highest BCUT2D eigenvalue weighted by atomic mass is 15.0. The fourth-order valence-corrected chi connectivity index (χ4v) is 8.83. The molecule has 0 spiro atoms. The lowest BCUT2D eigenvalue weighted by Crippen LogP contribution is -2.50. The maximum Gasteiger partial charge on any atom is 0.0342 e. The summed E-state index contributed by atoms with van der Waals surface area (Å²) < 4.78 is 0. The van der Waals surface area contributed by atoms with E-state index in [1.807, 2.05) is 0 Å². The van der Waals surface area contributed by atoms with Gasteiger partial charge in [-0.15, -0.1) is 0 Å². The first kappa shape index (κ1) is 19.0. The predicted molar refractivity (Wildman–Crippen MR) is 119 cm³/mol. The van der Waals surface area contributed by atoms with E-state index < -0.39 is 0 Å². The molecule has 6 atom stereocenters. The Morgan fingerprint density at radius 2 is 1.21 bits per heavy atom. The van der Waals surface area contributed by atoms with Gasteiger partial charge in [0.15, 0.2) is 0 Å². The lowest BCUT2D eigenvalue weighted by Gasteiger charge is -2.50. The first-order chi connectivity index (χ1) is 13.1. The molecule has 28 heavy (non-hydrogen) atoms. The predicted octanol–water partition coefficient (Wildman–Crippen LogP) is 7.39. The van der Waals surface area contributed by atoms with Crippen molar-refractivity contribution in [2.75, 3.05) is 5.32 Å². The van der Waals surface area contributed by atoms with Gasteiger partial charge >= 0.3 is 0 Å². The molecule has 4 saturated carbocycles. The molecule has 0 radical (unpaired) electrons. The van der Waals surface area contributed by atoms with Crippen LogP contribution in [0.15, 0.2) is 30.3 Å². The summed E-state index contributed by atoms with van der Waals surface area (Å²) in [6, 6.07) is 11.7. The molecule has 1 nitrogen and oxygen atoms in total. The number of hydrogen-bond acceptors (Lipinski definition) is 1. The normalized spacial score (nSPS) is 46.1. The average molecular weight is 380 g/mol. The van der Waals surface area contributed by atoms with E-state index in [1.165, 1.54) is 44.2 Å². The Kier molecular flexibility index (Phi) is 3.93. The summed E-state index contributed by atoms with van der Waals surface area (Å²) in [5.74, 6) is 3.45. The number of para-hydroxylation sites is 1. The third-order valence-corrected chi connectivity index (χ3v) is 11.7. The minimum Gasteiger partial charge on any atom is -0.382 e. The number of anilines is 1. The van der Waals surface area contributed by atoms with Crippen molar-refractivity contribution in [1.29, 1.82) is 0 Å². The quantitative estimate of drug-likeness (QED) is 0.575. The fraction of sp³-hybridized carbons (Fsp3) is 0.778. The van der Waals surface area contributed by atoms with E-state index in [1.54, 1.807) is 0 Å². The van der Waals surface area contributed by atoms with Crippen LogP contribution in [0.1, 0.15) is 80.1 Å². The molecule has 0 amide bonds. The van der Waals surface area contributed by atoms with E-state index in [9.17, 15) is 0 Å². The summed E-state index contributed by atoms with van der Waals surface area (Å²) in [6.45, 7) is 15.6. The standard InChI is InChI=1S/C27H41N/c1-24(2)18-12-14-26(24,5)21(16-18)23(28-20-10-8-7-9-11-20)22-17-19-13-15-27(22,6)25(19,3)4/h7-11,18-19,21-23,28H,12-17H2,1-6H3. The van der Waals surface area contributed by atoms with Crippen LogP contribution in [0.3, 0.4) is 0 Å². The van der Waals surface area contributed by atoms with Crippen molar-refractivity contribution in [3.8, 4) is 0 Å². The molecule has 1 heteroatoms. The molecule has 1 aromatic rings. The number of benzene rings is 1. The van der Waals surface area contributed by atoms with Crippen molar-refractivity contribution in [3.05, 3.63) is 30.3 Å². The zero-order valence-electron chi connectivity index (χ0n) is 19.0. The van der Waals surface area contributed by atoms with E-state index in [2.05, 4.69) is 77.2 Å². The summed E-state index contributed by atoms with van der Waals surface area (Å²) in [6.07, 6.45) is 8.64. The number of nitrogens with one attached hydrogen (secondary N) is 1. The van der Waals surface area contributed by atoms with Gasteiger partial charge < -0.3 is 5.32 Å². The van der Waals surface area contributed by atoms with Crippen molar-refractivity contribution in [3.63, 3.8) is 0 Å². The summed E-state index contributed by atoms with van der Waals surface area (Å²) in [5.41, 5.74) is 3.27. The van der Waals surface area contributed by atoms with E-state index in [4.69, 9.17) is 0 Å². The van der Waals surface area contributed by atoms with Crippen molar-refractivity contribution in [2.45, 2.75) is 86.1 Å². The second-order valence-corrected chi connectivity index (χ2v) is 12.5. The summed E-state index contributed by atoms with van der Waals surface area (Å²) in [7, 11) is 0. The van der Waals surface area contributed by atoms with Gasteiger partial charge in [-0.05, 0) is 96.0 Å². The Bertz CT molecular complexity index is 705. The number of rotatable bonds is 4. The van der Waals surface area contributed by atoms with Crippen LogP contribution < -0.4 is 5.32 Å². The van der Waals surface area contributed by atoms with Crippen LogP contribution in [0, 0.1) is 45.3 Å². The van der Waals surface area contributed by atoms with Gasteiger partial charge in [-0.3, -0.25) is 0 Å². The second kappa shape index (κ2) is 5.79. The van der Waals surface area contributed by atoms with Gasteiger partial charge in [-0.2, -0.15) is 0 Å². The van der Waals surface area contributed by atoms with Crippen LogP contribution in [-0.2, 0) is 0 Å². The minimum absolute atomic E-state index is 0.479. The van der Waals surface area contributed by atoms with Crippen LogP contribution in [0.2, 0.25) is 0 Å². The molecule has 0 aliphatic heterocycles. The highest BCUT2D eigenvalue weighted by molar-refractivity contribution is 5.44. The van der Waals surface area contributed by atoms with E-state index in [0.717, 1.165) is 23.7 Å².